The van der Waals surface area contributed by atoms with Crippen LogP contribution in [0, 0.1) is 0 Å². The highest BCUT2D eigenvalue weighted by Gasteiger charge is 2.18. The molecule has 2 heteroatoms. The molecule has 0 saturated heterocycles. The van der Waals surface area contributed by atoms with Gasteiger partial charge in [0.25, 0.3) is 0 Å². The van der Waals surface area contributed by atoms with Crippen LogP contribution in [0.25, 0.3) is 64.0 Å². The Bertz CT molecular complexity index is 2520. The second kappa shape index (κ2) is 11.0. The van der Waals surface area contributed by atoms with Gasteiger partial charge in [0, 0.05) is 36.9 Å². The van der Waals surface area contributed by atoms with Gasteiger partial charge in [-0.1, -0.05) is 133 Å². The van der Waals surface area contributed by atoms with Crippen LogP contribution in [0.15, 0.2) is 176 Å². The molecule has 0 fully saturated rings. The molecule has 0 saturated carbocycles. The van der Waals surface area contributed by atoms with E-state index in [0.29, 0.717) is 0 Å². The third-order valence-corrected chi connectivity index (χ3v) is 10.2. The van der Waals surface area contributed by atoms with Crippen molar-refractivity contribution in [1.29, 1.82) is 0 Å². The summed E-state index contributed by atoms with van der Waals surface area (Å²) in [5, 5.41) is 7.70. The van der Waals surface area contributed by atoms with Gasteiger partial charge in [0.15, 0.2) is 0 Å². The number of thiophene rings is 1. The summed E-state index contributed by atoms with van der Waals surface area (Å²) < 4.78 is 2.66. The second-order valence-corrected chi connectivity index (χ2v) is 12.8. The van der Waals surface area contributed by atoms with Gasteiger partial charge in [-0.15, -0.1) is 11.3 Å². The highest BCUT2D eigenvalue weighted by Crippen LogP contribution is 2.44. The van der Waals surface area contributed by atoms with Gasteiger partial charge in [-0.2, -0.15) is 0 Å². The molecule has 0 radical (unpaired) electrons. The molecule has 0 bridgehead atoms. The minimum absolute atomic E-state index is 1.12. The molecule has 1 aromatic heterocycles. The lowest BCUT2D eigenvalue weighted by Gasteiger charge is -2.27. The van der Waals surface area contributed by atoms with Crippen molar-refractivity contribution < 1.29 is 0 Å². The van der Waals surface area contributed by atoms with Crippen LogP contribution in [0.2, 0.25) is 0 Å². The molecule has 46 heavy (non-hydrogen) atoms. The van der Waals surface area contributed by atoms with E-state index < -0.39 is 0 Å². The van der Waals surface area contributed by atoms with Crippen molar-refractivity contribution >= 4 is 70.1 Å². The quantitative estimate of drug-likeness (QED) is 0.189. The summed E-state index contributed by atoms with van der Waals surface area (Å²) in [6, 6.07) is 63.9. The normalized spacial score (nSPS) is 11.5. The Kier molecular flexibility index (Phi) is 6.40. The SMILES string of the molecule is c1ccc(-c2ccc(N(c3cccc(-c4cccc5ccc6sc7ccccc7c6c45)c3)c3cccc4ccccc34)cc2)cc1. The molecule has 0 N–H and O–H groups in total. The van der Waals surface area contributed by atoms with Gasteiger partial charge in [0.1, 0.15) is 0 Å². The number of hydrogen-bond acceptors (Lipinski definition) is 2. The van der Waals surface area contributed by atoms with Crippen molar-refractivity contribution in [3.05, 3.63) is 176 Å². The summed E-state index contributed by atoms with van der Waals surface area (Å²) >= 11 is 1.88. The zero-order valence-electron chi connectivity index (χ0n) is 25.1. The van der Waals surface area contributed by atoms with Gasteiger partial charge in [-0.3, -0.25) is 0 Å². The lowest BCUT2D eigenvalue weighted by atomic mass is 9.94. The van der Waals surface area contributed by atoms with E-state index in [1.165, 1.54) is 64.0 Å². The molecule has 9 rings (SSSR count). The van der Waals surface area contributed by atoms with E-state index in [1.54, 1.807) is 0 Å². The van der Waals surface area contributed by atoms with Crippen LogP contribution in [0.5, 0.6) is 0 Å². The Labute approximate surface area is 272 Å². The lowest BCUT2D eigenvalue weighted by molar-refractivity contribution is 1.30. The summed E-state index contributed by atoms with van der Waals surface area (Å²) in [5.41, 5.74) is 8.29. The number of fused-ring (bicyclic) bond motifs is 6. The van der Waals surface area contributed by atoms with Crippen molar-refractivity contribution in [3.8, 4) is 22.3 Å². The van der Waals surface area contributed by atoms with Crippen molar-refractivity contribution in [3.63, 3.8) is 0 Å². The maximum atomic E-state index is 2.40. The molecule has 1 nitrogen and oxygen atoms in total. The first-order chi connectivity index (χ1) is 22.8. The highest BCUT2D eigenvalue weighted by atomic mass is 32.1. The third kappa shape index (κ3) is 4.46. The van der Waals surface area contributed by atoms with Crippen LogP contribution in [-0.4, -0.2) is 0 Å². The average Bonchev–Trinajstić information content (AvgIpc) is 3.52. The molecular formula is C44H29NS. The predicted molar refractivity (Wildman–Crippen MR) is 200 cm³/mol. The molecule has 1 heterocycles. The fourth-order valence-corrected chi connectivity index (χ4v) is 8.02. The number of hydrogen-bond donors (Lipinski definition) is 0. The van der Waals surface area contributed by atoms with Gasteiger partial charge >= 0.3 is 0 Å². The maximum Gasteiger partial charge on any atom is 0.0540 e. The molecule has 0 amide bonds. The van der Waals surface area contributed by atoms with E-state index in [-0.39, 0.29) is 0 Å². The molecule has 0 aliphatic heterocycles. The average molecular weight is 604 g/mol. The number of anilines is 3. The number of rotatable bonds is 5. The maximum absolute atomic E-state index is 2.40. The van der Waals surface area contributed by atoms with Crippen LogP contribution in [-0.2, 0) is 0 Å². The van der Waals surface area contributed by atoms with Gasteiger partial charge < -0.3 is 4.90 Å². The Morgan fingerprint density at radius 2 is 1.04 bits per heavy atom. The summed E-state index contributed by atoms with van der Waals surface area (Å²) in [4.78, 5) is 2.40. The topological polar surface area (TPSA) is 3.24 Å². The Morgan fingerprint density at radius 1 is 0.370 bits per heavy atom. The molecule has 216 valence electrons. The largest absolute Gasteiger partial charge is 0.310 e. The highest BCUT2D eigenvalue weighted by molar-refractivity contribution is 7.26. The van der Waals surface area contributed by atoms with Crippen molar-refractivity contribution in [1.82, 2.24) is 0 Å². The van der Waals surface area contributed by atoms with Crippen LogP contribution >= 0.6 is 11.3 Å². The Balaban J connectivity index is 1.26. The van der Waals surface area contributed by atoms with Gasteiger partial charge in [-0.05, 0) is 80.9 Å². The number of benzene rings is 8. The second-order valence-electron chi connectivity index (χ2n) is 11.7. The fourth-order valence-electron chi connectivity index (χ4n) is 6.91. The van der Waals surface area contributed by atoms with Gasteiger partial charge in [0.05, 0.1) is 5.69 Å². The molecule has 0 aliphatic rings. The molecule has 0 atom stereocenters. The van der Waals surface area contributed by atoms with E-state index in [2.05, 4.69) is 181 Å². The van der Waals surface area contributed by atoms with Crippen LogP contribution in [0.1, 0.15) is 0 Å². The van der Waals surface area contributed by atoms with Crippen LogP contribution < -0.4 is 4.90 Å². The van der Waals surface area contributed by atoms with E-state index in [9.17, 15) is 0 Å². The Hall–Kier alpha value is -5.70. The molecule has 0 spiro atoms. The van der Waals surface area contributed by atoms with Crippen molar-refractivity contribution in [2.24, 2.45) is 0 Å². The Morgan fingerprint density at radius 3 is 1.93 bits per heavy atom. The first kappa shape index (κ1) is 26.7. The predicted octanol–water partition coefficient (Wildman–Crippen LogP) is 13.2. The molecular weight excluding hydrogens is 575 g/mol. The first-order valence-corrected chi connectivity index (χ1v) is 16.5. The summed E-state index contributed by atoms with van der Waals surface area (Å²) in [6.45, 7) is 0. The summed E-state index contributed by atoms with van der Waals surface area (Å²) in [5.74, 6) is 0. The summed E-state index contributed by atoms with van der Waals surface area (Å²) in [7, 11) is 0. The van der Waals surface area contributed by atoms with Gasteiger partial charge in [-0.25, -0.2) is 0 Å². The zero-order valence-corrected chi connectivity index (χ0v) is 25.9. The zero-order chi connectivity index (χ0) is 30.5. The van der Waals surface area contributed by atoms with Crippen molar-refractivity contribution in [2.75, 3.05) is 4.90 Å². The minimum atomic E-state index is 1.12. The smallest absolute Gasteiger partial charge is 0.0540 e. The van der Waals surface area contributed by atoms with Crippen molar-refractivity contribution in [2.45, 2.75) is 0 Å². The van der Waals surface area contributed by atoms with E-state index in [4.69, 9.17) is 0 Å². The van der Waals surface area contributed by atoms with Crippen LogP contribution in [0.3, 0.4) is 0 Å². The molecule has 0 aliphatic carbocycles. The minimum Gasteiger partial charge on any atom is -0.310 e. The third-order valence-electron chi connectivity index (χ3n) is 9.04. The molecule has 0 unspecified atom stereocenters. The van der Waals surface area contributed by atoms with E-state index in [1.807, 2.05) is 11.3 Å². The van der Waals surface area contributed by atoms with Gasteiger partial charge in [0.2, 0.25) is 0 Å². The van der Waals surface area contributed by atoms with Crippen LogP contribution in [0.4, 0.5) is 17.1 Å². The monoisotopic (exact) mass is 603 g/mol. The number of nitrogens with zero attached hydrogens (tertiary/aromatic N) is 1. The first-order valence-electron chi connectivity index (χ1n) is 15.7. The van der Waals surface area contributed by atoms with E-state index >= 15 is 0 Å². The standard InChI is InChI=1S/C44H29NS/c1-2-11-30(12-3-1)31-23-26-35(27-24-31)45(40-21-10-14-32-13-4-5-18-37(32)40)36-17-8-16-34(29-36)38-20-9-15-33-25-28-42-44(43(33)38)39-19-6-7-22-41(39)46-42/h1-29H. The lowest BCUT2D eigenvalue weighted by Crippen LogP contribution is -2.10. The molecule has 8 aromatic carbocycles. The fraction of sp³-hybridized carbons (Fsp3) is 0. The van der Waals surface area contributed by atoms with E-state index in [0.717, 1.165) is 17.1 Å². The molecule has 9 aromatic rings. The summed E-state index contributed by atoms with van der Waals surface area (Å²) in [6.07, 6.45) is 0.